The molecule has 0 bridgehead atoms. The molecule has 3 rings (SSSR count). The van der Waals surface area contributed by atoms with E-state index >= 15 is 0 Å². The van der Waals surface area contributed by atoms with Crippen LogP contribution in [0.2, 0.25) is 0 Å². The van der Waals surface area contributed by atoms with Crippen LogP contribution in [0.25, 0.3) is 0 Å². The molecule has 1 amide bonds. The third kappa shape index (κ3) is 4.09. The first-order valence-corrected chi connectivity index (χ1v) is 8.21. The molecule has 6 heteroatoms. The van der Waals surface area contributed by atoms with Crippen LogP contribution in [0.4, 0.5) is 5.69 Å². The second-order valence-electron chi connectivity index (χ2n) is 6.13. The molecule has 1 fully saturated rings. The van der Waals surface area contributed by atoms with Gasteiger partial charge in [-0.1, -0.05) is 43.9 Å². The van der Waals surface area contributed by atoms with Crippen molar-refractivity contribution in [2.75, 3.05) is 4.90 Å². The quantitative estimate of drug-likeness (QED) is 0.860. The van der Waals surface area contributed by atoms with Crippen LogP contribution in [0.15, 0.2) is 35.1 Å². The molecular weight excluding hydrogens is 292 g/mol. The maximum absolute atomic E-state index is 12.7. The molecule has 0 radical (unpaired) electrons. The molecule has 23 heavy (non-hydrogen) atoms. The number of anilines is 1. The smallest absolute Gasteiger partial charge is 0.305 e. The van der Waals surface area contributed by atoms with Crippen molar-refractivity contribution in [2.24, 2.45) is 5.92 Å². The van der Waals surface area contributed by atoms with E-state index in [-0.39, 0.29) is 18.1 Å². The number of carbonyl (C=O) groups excluding carboxylic acids is 1. The van der Waals surface area contributed by atoms with E-state index in [2.05, 4.69) is 15.2 Å². The van der Waals surface area contributed by atoms with Gasteiger partial charge in [-0.05, 0) is 24.5 Å². The van der Waals surface area contributed by atoms with Crippen molar-refractivity contribution in [3.63, 3.8) is 0 Å². The Balaban J connectivity index is 1.71. The minimum absolute atomic E-state index is 0.0759. The van der Waals surface area contributed by atoms with Gasteiger partial charge in [0.15, 0.2) is 5.82 Å². The van der Waals surface area contributed by atoms with Crippen LogP contribution in [0, 0.1) is 5.92 Å². The molecule has 0 unspecified atom stereocenters. The molecule has 0 aliphatic heterocycles. The van der Waals surface area contributed by atoms with Crippen LogP contribution in [0.1, 0.15) is 44.3 Å². The monoisotopic (exact) mass is 314 g/mol. The minimum Gasteiger partial charge on any atom is -0.305 e. The molecule has 2 aromatic rings. The van der Waals surface area contributed by atoms with Gasteiger partial charge in [0.1, 0.15) is 0 Å². The van der Waals surface area contributed by atoms with Gasteiger partial charge in [0.2, 0.25) is 5.91 Å². The maximum atomic E-state index is 12.7. The second-order valence-corrected chi connectivity index (χ2v) is 6.13. The van der Waals surface area contributed by atoms with Gasteiger partial charge in [0.25, 0.3) is 0 Å². The number of hydrogen-bond donors (Lipinski definition) is 2. The zero-order valence-electron chi connectivity index (χ0n) is 13.1. The predicted molar refractivity (Wildman–Crippen MR) is 88.0 cm³/mol. The fourth-order valence-electron chi connectivity index (χ4n) is 3.22. The van der Waals surface area contributed by atoms with Crippen LogP contribution in [-0.4, -0.2) is 21.1 Å². The lowest BCUT2D eigenvalue weighted by Crippen LogP contribution is -2.31. The zero-order valence-corrected chi connectivity index (χ0v) is 13.1. The largest absolute Gasteiger partial charge is 0.340 e. The summed E-state index contributed by atoms with van der Waals surface area (Å²) >= 11 is 0. The molecule has 1 aromatic heterocycles. The number of carbonyl (C=O) groups is 1. The highest BCUT2D eigenvalue weighted by Gasteiger charge is 2.21. The molecule has 1 aromatic carbocycles. The van der Waals surface area contributed by atoms with Crippen LogP contribution >= 0.6 is 0 Å². The van der Waals surface area contributed by atoms with E-state index in [0.717, 1.165) is 12.1 Å². The Morgan fingerprint density at radius 2 is 1.96 bits per heavy atom. The summed E-state index contributed by atoms with van der Waals surface area (Å²) < 4.78 is 0. The summed E-state index contributed by atoms with van der Waals surface area (Å²) in [6.07, 6.45) is 6.54. The Morgan fingerprint density at radius 3 is 2.61 bits per heavy atom. The van der Waals surface area contributed by atoms with Crippen LogP contribution in [-0.2, 0) is 11.3 Å². The summed E-state index contributed by atoms with van der Waals surface area (Å²) in [5.41, 5.74) is 0.471. The average Bonchev–Trinajstić information content (AvgIpc) is 3.23. The number of benzene rings is 1. The summed E-state index contributed by atoms with van der Waals surface area (Å²) in [4.78, 5) is 28.2. The van der Waals surface area contributed by atoms with Crippen molar-refractivity contribution in [3.05, 3.63) is 46.6 Å². The van der Waals surface area contributed by atoms with Gasteiger partial charge in [-0.2, -0.15) is 5.10 Å². The van der Waals surface area contributed by atoms with Gasteiger partial charge in [-0.25, -0.2) is 9.89 Å². The number of para-hydroxylation sites is 1. The number of aromatic amines is 2. The Hall–Kier alpha value is -2.37. The number of H-pyrrole nitrogens is 2. The second kappa shape index (κ2) is 7.26. The number of hydrogen-bond acceptors (Lipinski definition) is 3. The molecule has 1 saturated carbocycles. The summed E-state index contributed by atoms with van der Waals surface area (Å²) in [6, 6.07) is 9.53. The third-order valence-corrected chi connectivity index (χ3v) is 4.47. The highest BCUT2D eigenvalue weighted by molar-refractivity contribution is 5.93. The molecule has 0 saturated heterocycles. The highest BCUT2D eigenvalue weighted by Crippen LogP contribution is 2.29. The molecule has 0 atom stereocenters. The molecule has 1 heterocycles. The molecule has 1 aliphatic rings. The van der Waals surface area contributed by atoms with Crippen molar-refractivity contribution >= 4 is 11.6 Å². The summed E-state index contributed by atoms with van der Waals surface area (Å²) in [5, 5.41) is 6.26. The predicted octanol–water partition coefficient (Wildman–Crippen LogP) is 2.60. The van der Waals surface area contributed by atoms with Crippen LogP contribution < -0.4 is 10.6 Å². The van der Waals surface area contributed by atoms with Gasteiger partial charge in [-0.3, -0.25) is 9.78 Å². The lowest BCUT2D eigenvalue weighted by molar-refractivity contribution is -0.119. The Labute approximate surface area is 134 Å². The van der Waals surface area contributed by atoms with E-state index in [0.29, 0.717) is 18.2 Å². The molecule has 2 N–H and O–H groups in total. The number of aromatic nitrogens is 3. The normalized spacial score (nSPS) is 15.0. The maximum Gasteiger partial charge on any atom is 0.340 e. The molecule has 122 valence electrons. The van der Waals surface area contributed by atoms with E-state index in [1.807, 2.05) is 30.3 Å². The molecular formula is C17H22N4O2. The third-order valence-electron chi connectivity index (χ3n) is 4.47. The van der Waals surface area contributed by atoms with Crippen molar-refractivity contribution in [1.29, 1.82) is 0 Å². The number of nitrogens with one attached hydrogen (secondary N) is 2. The lowest BCUT2D eigenvalue weighted by Gasteiger charge is -2.22. The molecule has 0 spiro atoms. The zero-order chi connectivity index (χ0) is 16.1. The first kappa shape index (κ1) is 15.5. The van der Waals surface area contributed by atoms with Gasteiger partial charge in [0, 0.05) is 12.1 Å². The fraction of sp³-hybridized carbons (Fsp3) is 0.471. The van der Waals surface area contributed by atoms with Gasteiger partial charge in [-0.15, -0.1) is 0 Å². The first-order valence-electron chi connectivity index (χ1n) is 8.21. The molecule has 6 nitrogen and oxygen atoms in total. The standard InChI is InChI=1S/C17H22N4O2/c22-16(11-10-13-6-4-5-7-13)21(14-8-2-1-3-9-14)12-15-18-17(23)20-19-15/h1-3,8-9,13H,4-7,10-12H2,(H2,18,19,20,23). The van der Waals surface area contributed by atoms with E-state index in [1.165, 1.54) is 25.7 Å². The summed E-state index contributed by atoms with van der Waals surface area (Å²) in [5.74, 6) is 1.22. The van der Waals surface area contributed by atoms with E-state index in [4.69, 9.17) is 0 Å². The van der Waals surface area contributed by atoms with Gasteiger partial charge >= 0.3 is 5.69 Å². The Morgan fingerprint density at radius 1 is 1.22 bits per heavy atom. The van der Waals surface area contributed by atoms with Gasteiger partial charge < -0.3 is 4.90 Å². The van der Waals surface area contributed by atoms with Crippen LogP contribution in [0.3, 0.4) is 0 Å². The summed E-state index contributed by atoms with van der Waals surface area (Å²) in [7, 11) is 0. The Bertz CT molecular complexity index is 686. The summed E-state index contributed by atoms with van der Waals surface area (Å²) in [6.45, 7) is 0.270. The van der Waals surface area contributed by atoms with E-state index < -0.39 is 0 Å². The van der Waals surface area contributed by atoms with Crippen LogP contribution in [0.5, 0.6) is 0 Å². The topological polar surface area (TPSA) is 81.8 Å². The highest BCUT2D eigenvalue weighted by atomic mass is 16.2. The first-order chi connectivity index (χ1) is 11.2. The lowest BCUT2D eigenvalue weighted by atomic mass is 10.0. The SMILES string of the molecule is O=C(CCC1CCCC1)N(Cc1n[nH]c(=O)[nH]1)c1ccccc1. The number of amides is 1. The number of nitrogens with zero attached hydrogens (tertiary/aromatic N) is 2. The van der Waals surface area contributed by atoms with Crippen molar-refractivity contribution < 1.29 is 4.79 Å². The molecule has 1 aliphatic carbocycles. The van der Waals surface area contributed by atoms with Crippen molar-refractivity contribution in [3.8, 4) is 0 Å². The number of rotatable bonds is 6. The Kier molecular flexibility index (Phi) is 4.90. The van der Waals surface area contributed by atoms with Gasteiger partial charge in [0.05, 0.1) is 6.54 Å². The minimum atomic E-state index is -0.355. The van der Waals surface area contributed by atoms with Crippen molar-refractivity contribution in [2.45, 2.75) is 45.1 Å². The average molecular weight is 314 g/mol. The van der Waals surface area contributed by atoms with Crippen molar-refractivity contribution in [1.82, 2.24) is 15.2 Å². The van der Waals surface area contributed by atoms with E-state index in [1.54, 1.807) is 4.90 Å². The van der Waals surface area contributed by atoms with E-state index in [9.17, 15) is 9.59 Å². The fourth-order valence-corrected chi connectivity index (χ4v) is 3.22.